The molecular weight excluding hydrogens is 202 g/mol. The minimum Gasteiger partial charge on any atom is -0.462 e. The van der Waals surface area contributed by atoms with Crippen LogP contribution in [0.5, 0.6) is 0 Å². The van der Waals surface area contributed by atoms with Crippen molar-refractivity contribution in [1.29, 1.82) is 0 Å². The van der Waals surface area contributed by atoms with Gasteiger partial charge in [-0.1, -0.05) is 34.3 Å². The van der Waals surface area contributed by atoms with Crippen molar-refractivity contribution in [3.63, 3.8) is 0 Å². The van der Waals surface area contributed by atoms with E-state index in [9.17, 15) is 4.79 Å². The number of carbonyl (C=O) groups is 1. The fourth-order valence-electron chi connectivity index (χ4n) is 0.989. The Morgan fingerprint density at radius 2 is 1.56 bits per heavy atom. The first-order valence-electron chi connectivity index (χ1n) is 6.08. The molecular formula is C13H27NO2. The third kappa shape index (κ3) is 11.2. The summed E-state index contributed by atoms with van der Waals surface area (Å²) in [7, 11) is 0. The molecule has 0 aliphatic rings. The second-order valence-corrected chi connectivity index (χ2v) is 3.54. The molecule has 0 aliphatic carbocycles. The van der Waals surface area contributed by atoms with Crippen LogP contribution < -0.4 is 0 Å². The van der Waals surface area contributed by atoms with E-state index in [2.05, 4.69) is 32.3 Å². The zero-order valence-corrected chi connectivity index (χ0v) is 11.5. The van der Waals surface area contributed by atoms with Crippen LogP contribution in [0.2, 0.25) is 0 Å². The van der Waals surface area contributed by atoms with Crippen molar-refractivity contribution >= 4 is 5.97 Å². The summed E-state index contributed by atoms with van der Waals surface area (Å²) in [6.07, 6.45) is 0.860. The quantitative estimate of drug-likeness (QED) is 0.518. The van der Waals surface area contributed by atoms with Gasteiger partial charge in [0.1, 0.15) is 0 Å². The van der Waals surface area contributed by atoms with E-state index in [1.165, 1.54) is 19.6 Å². The minimum atomic E-state index is -0.295. The molecule has 3 nitrogen and oxygen atoms in total. The number of rotatable bonds is 6. The molecule has 3 heteroatoms. The summed E-state index contributed by atoms with van der Waals surface area (Å²) < 4.78 is 4.71. The summed E-state index contributed by atoms with van der Waals surface area (Å²) in [6.45, 7) is 17.6. The number of ether oxygens (including phenoxy) is 1. The van der Waals surface area contributed by atoms with Crippen molar-refractivity contribution in [2.45, 2.75) is 41.0 Å². The average Bonchev–Trinajstić information content (AvgIpc) is 2.29. The third-order valence-electron chi connectivity index (χ3n) is 2.13. The second kappa shape index (κ2) is 12.2. The predicted molar refractivity (Wildman–Crippen MR) is 69.5 cm³/mol. The lowest BCUT2D eigenvalue weighted by Crippen LogP contribution is -2.21. The molecule has 0 bridgehead atoms. The topological polar surface area (TPSA) is 29.5 Å². The van der Waals surface area contributed by atoms with E-state index in [1.807, 2.05) is 6.92 Å². The van der Waals surface area contributed by atoms with Crippen LogP contribution in [-0.2, 0) is 9.53 Å². The Hall–Kier alpha value is -0.830. The monoisotopic (exact) mass is 229 g/mol. The number of carbonyl (C=O) groups excluding carboxylic acids is 1. The van der Waals surface area contributed by atoms with Crippen LogP contribution in [0.25, 0.3) is 0 Å². The Morgan fingerprint density at radius 1 is 1.12 bits per heavy atom. The Labute approximate surface area is 100 Å². The first-order valence-corrected chi connectivity index (χ1v) is 6.08. The summed E-state index contributed by atoms with van der Waals surface area (Å²) in [5.41, 5.74) is 0.462. The van der Waals surface area contributed by atoms with Crippen molar-refractivity contribution in [2.75, 3.05) is 26.2 Å². The second-order valence-electron chi connectivity index (χ2n) is 3.54. The van der Waals surface area contributed by atoms with Gasteiger partial charge in [0.2, 0.25) is 0 Å². The number of nitrogens with zero attached hydrogens (tertiary/aromatic N) is 1. The van der Waals surface area contributed by atoms with Gasteiger partial charge in [-0.05, 0) is 33.0 Å². The summed E-state index contributed by atoms with van der Waals surface area (Å²) in [5.74, 6) is -0.295. The number of esters is 1. The molecule has 0 aromatic heterocycles. The Bertz CT molecular complexity index is 181. The van der Waals surface area contributed by atoms with Crippen molar-refractivity contribution in [1.82, 2.24) is 4.90 Å². The van der Waals surface area contributed by atoms with Crippen LogP contribution in [0.1, 0.15) is 41.0 Å². The lowest BCUT2D eigenvalue weighted by atomic mass is 10.4. The number of hydrogen-bond acceptors (Lipinski definition) is 3. The number of hydrogen-bond donors (Lipinski definition) is 0. The van der Waals surface area contributed by atoms with Crippen molar-refractivity contribution in [3.8, 4) is 0 Å². The van der Waals surface area contributed by atoms with Gasteiger partial charge < -0.3 is 9.64 Å². The largest absolute Gasteiger partial charge is 0.462 e. The molecule has 0 saturated carbocycles. The van der Waals surface area contributed by atoms with Gasteiger partial charge in [-0.25, -0.2) is 4.79 Å². The molecule has 0 aromatic carbocycles. The molecule has 0 unspecified atom stereocenters. The molecule has 0 fully saturated rings. The van der Waals surface area contributed by atoms with E-state index >= 15 is 0 Å². The van der Waals surface area contributed by atoms with Crippen molar-refractivity contribution in [2.24, 2.45) is 0 Å². The molecule has 0 aliphatic heterocycles. The van der Waals surface area contributed by atoms with E-state index in [0.29, 0.717) is 12.2 Å². The zero-order chi connectivity index (χ0) is 13.0. The molecule has 16 heavy (non-hydrogen) atoms. The molecule has 0 aromatic rings. The average molecular weight is 229 g/mol. The van der Waals surface area contributed by atoms with E-state index < -0.39 is 0 Å². The Kier molecular flexibility index (Phi) is 13.4. The van der Waals surface area contributed by atoms with Crippen LogP contribution in [-0.4, -0.2) is 37.1 Å². The highest BCUT2D eigenvalue weighted by Crippen LogP contribution is 1.91. The van der Waals surface area contributed by atoms with Gasteiger partial charge in [0.15, 0.2) is 0 Å². The minimum absolute atomic E-state index is 0.295. The molecule has 0 radical (unpaired) electrons. The maximum absolute atomic E-state index is 10.6. The van der Waals surface area contributed by atoms with Crippen LogP contribution in [0.3, 0.4) is 0 Å². The predicted octanol–water partition coefficient (Wildman–Crippen LogP) is 2.86. The van der Waals surface area contributed by atoms with E-state index in [4.69, 9.17) is 4.74 Å². The fourth-order valence-corrected chi connectivity index (χ4v) is 0.989. The molecule has 96 valence electrons. The first kappa shape index (κ1) is 17.6. The highest BCUT2D eigenvalue weighted by molar-refractivity contribution is 5.86. The molecule has 0 saturated heterocycles. The normalized spacial score (nSPS) is 9.38. The summed E-state index contributed by atoms with van der Waals surface area (Å²) in [4.78, 5) is 13.0. The third-order valence-corrected chi connectivity index (χ3v) is 2.13. The molecule has 0 heterocycles. The summed E-state index contributed by atoms with van der Waals surface area (Å²) in [5, 5.41) is 0. The van der Waals surface area contributed by atoms with E-state index in [1.54, 1.807) is 6.92 Å². The lowest BCUT2D eigenvalue weighted by molar-refractivity contribution is -0.138. The van der Waals surface area contributed by atoms with E-state index in [-0.39, 0.29) is 5.97 Å². The molecule has 0 rings (SSSR count). The van der Waals surface area contributed by atoms with Gasteiger partial charge in [0.05, 0.1) is 6.61 Å². The van der Waals surface area contributed by atoms with Gasteiger partial charge in [-0.15, -0.1) is 0 Å². The first-order chi connectivity index (χ1) is 7.53. The Morgan fingerprint density at radius 3 is 1.75 bits per heavy atom. The van der Waals surface area contributed by atoms with E-state index in [0.717, 1.165) is 6.42 Å². The van der Waals surface area contributed by atoms with Gasteiger partial charge in [-0.3, -0.25) is 0 Å². The van der Waals surface area contributed by atoms with Crippen molar-refractivity contribution in [3.05, 3.63) is 12.2 Å². The lowest BCUT2D eigenvalue weighted by Gasteiger charge is -2.13. The smallest absolute Gasteiger partial charge is 0.333 e. The van der Waals surface area contributed by atoms with Crippen LogP contribution in [0.4, 0.5) is 0 Å². The van der Waals surface area contributed by atoms with Crippen LogP contribution >= 0.6 is 0 Å². The van der Waals surface area contributed by atoms with Gasteiger partial charge in [0.25, 0.3) is 0 Å². The van der Waals surface area contributed by atoms with Gasteiger partial charge in [0, 0.05) is 5.57 Å². The SMILES string of the molecule is C=C(C)C(=O)OCCC.CCN(CC)CC. The van der Waals surface area contributed by atoms with Crippen molar-refractivity contribution < 1.29 is 9.53 Å². The summed E-state index contributed by atoms with van der Waals surface area (Å²) in [6, 6.07) is 0. The maximum Gasteiger partial charge on any atom is 0.333 e. The highest BCUT2D eigenvalue weighted by atomic mass is 16.5. The van der Waals surface area contributed by atoms with Crippen LogP contribution in [0.15, 0.2) is 12.2 Å². The molecule has 0 atom stereocenters. The fraction of sp³-hybridized carbons (Fsp3) is 0.769. The molecule has 0 N–H and O–H groups in total. The summed E-state index contributed by atoms with van der Waals surface area (Å²) >= 11 is 0. The van der Waals surface area contributed by atoms with Crippen LogP contribution in [0, 0.1) is 0 Å². The van der Waals surface area contributed by atoms with Gasteiger partial charge in [-0.2, -0.15) is 0 Å². The molecule has 0 amide bonds. The van der Waals surface area contributed by atoms with Gasteiger partial charge >= 0.3 is 5.97 Å². The zero-order valence-electron chi connectivity index (χ0n) is 11.5. The maximum atomic E-state index is 10.6. The molecule has 0 spiro atoms. The Balaban J connectivity index is 0. The highest BCUT2D eigenvalue weighted by Gasteiger charge is 1.99. The standard InChI is InChI=1S/C7H12O2.C6H15N/c1-4-5-9-7(8)6(2)3;1-4-7(5-2)6-3/h2,4-5H2,1,3H3;4-6H2,1-3H3.